The van der Waals surface area contributed by atoms with E-state index < -0.39 is 41.4 Å². The Morgan fingerprint density at radius 2 is 1.88 bits per heavy atom. The number of benzene rings is 1. The van der Waals surface area contributed by atoms with Crippen LogP contribution in [0.4, 0.5) is 13.6 Å². The highest BCUT2D eigenvalue weighted by Gasteiger charge is 2.39. The van der Waals surface area contributed by atoms with Crippen LogP contribution in [-0.2, 0) is 14.3 Å². The molecule has 1 heterocycles. The third-order valence-corrected chi connectivity index (χ3v) is 4.02. The normalized spacial score (nSPS) is 20.5. The second-order valence-corrected chi connectivity index (χ2v) is 7.10. The lowest BCUT2D eigenvalue weighted by Crippen LogP contribution is -2.40. The van der Waals surface area contributed by atoms with E-state index in [9.17, 15) is 18.4 Å². The quantitative estimate of drug-likeness (QED) is 0.595. The van der Waals surface area contributed by atoms with Gasteiger partial charge in [0.05, 0.1) is 19.2 Å². The molecule has 5 nitrogen and oxygen atoms in total. The summed E-state index contributed by atoms with van der Waals surface area (Å²) < 4.78 is 36.9. The van der Waals surface area contributed by atoms with Gasteiger partial charge in [0, 0.05) is 6.08 Å². The molecule has 0 bridgehead atoms. The van der Waals surface area contributed by atoms with Crippen molar-refractivity contribution < 1.29 is 27.8 Å². The number of amides is 1. The molecule has 26 heavy (non-hydrogen) atoms. The van der Waals surface area contributed by atoms with Crippen LogP contribution >= 0.6 is 0 Å². The topological polar surface area (TPSA) is 55.8 Å². The molecule has 0 N–H and O–H groups in total. The third-order valence-electron chi connectivity index (χ3n) is 4.02. The predicted molar refractivity (Wildman–Crippen MR) is 91.4 cm³/mol. The number of halogens is 2. The van der Waals surface area contributed by atoms with Crippen LogP contribution in [0.5, 0.6) is 0 Å². The molecule has 0 aromatic heterocycles. The molecule has 1 aliphatic heterocycles. The number of esters is 1. The van der Waals surface area contributed by atoms with E-state index in [1.54, 1.807) is 26.8 Å². The molecule has 0 aliphatic carbocycles. The number of hydrogen-bond donors (Lipinski definition) is 0. The van der Waals surface area contributed by atoms with E-state index in [4.69, 9.17) is 4.74 Å². The van der Waals surface area contributed by atoms with Gasteiger partial charge >= 0.3 is 12.1 Å². The zero-order chi connectivity index (χ0) is 19.5. The van der Waals surface area contributed by atoms with Gasteiger partial charge in [-0.1, -0.05) is 12.1 Å². The van der Waals surface area contributed by atoms with E-state index in [0.29, 0.717) is 18.4 Å². The molecule has 1 amide bonds. The summed E-state index contributed by atoms with van der Waals surface area (Å²) in [6.45, 7) is 5.23. The molecule has 1 saturated heterocycles. The molecule has 2 atom stereocenters. The van der Waals surface area contributed by atoms with Crippen LogP contribution in [0.15, 0.2) is 30.4 Å². The first-order valence-corrected chi connectivity index (χ1v) is 8.35. The van der Waals surface area contributed by atoms with E-state index in [1.165, 1.54) is 24.2 Å². The second kappa shape index (κ2) is 7.85. The van der Waals surface area contributed by atoms with Gasteiger partial charge in [-0.3, -0.25) is 4.90 Å². The summed E-state index contributed by atoms with van der Waals surface area (Å²) >= 11 is 0. The number of carbonyl (C=O) groups is 2. The van der Waals surface area contributed by atoms with Gasteiger partial charge in [0.1, 0.15) is 5.60 Å². The number of hydrogen-bond acceptors (Lipinski definition) is 4. The van der Waals surface area contributed by atoms with Crippen molar-refractivity contribution in [2.24, 2.45) is 0 Å². The Labute approximate surface area is 151 Å². The van der Waals surface area contributed by atoms with Crippen molar-refractivity contribution in [2.75, 3.05) is 7.11 Å². The number of nitrogens with zero attached hydrogens (tertiary/aromatic N) is 1. The highest BCUT2D eigenvalue weighted by Crippen LogP contribution is 2.38. The molecule has 2 rings (SSSR count). The molecule has 1 aromatic rings. The number of methoxy groups -OCH3 is 1. The highest BCUT2D eigenvalue weighted by molar-refractivity contribution is 5.82. The van der Waals surface area contributed by atoms with Crippen molar-refractivity contribution in [3.63, 3.8) is 0 Å². The summed E-state index contributed by atoms with van der Waals surface area (Å²) in [7, 11) is 1.26. The van der Waals surface area contributed by atoms with Crippen LogP contribution in [-0.4, -0.2) is 35.7 Å². The summed E-state index contributed by atoms with van der Waals surface area (Å²) in [6, 6.07) is 2.68. The molecule has 0 unspecified atom stereocenters. The largest absolute Gasteiger partial charge is 0.466 e. The fourth-order valence-corrected chi connectivity index (χ4v) is 2.91. The Morgan fingerprint density at radius 1 is 1.19 bits per heavy atom. The lowest BCUT2D eigenvalue weighted by molar-refractivity contribution is -0.134. The summed E-state index contributed by atoms with van der Waals surface area (Å²) in [4.78, 5) is 25.5. The number of ether oxygens (including phenoxy) is 2. The molecule has 142 valence electrons. The number of carbonyl (C=O) groups excluding carboxylic acids is 2. The molecule has 0 saturated carbocycles. The van der Waals surface area contributed by atoms with Crippen LogP contribution < -0.4 is 0 Å². The monoisotopic (exact) mass is 367 g/mol. The van der Waals surface area contributed by atoms with Crippen molar-refractivity contribution in [3.05, 3.63) is 47.5 Å². The molecular formula is C19H23F2NO4. The van der Waals surface area contributed by atoms with E-state index in [2.05, 4.69) is 4.74 Å². The Kier molecular flexibility index (Phi) is 6.00. The van der Waals surface area contributed by atoms with Crippen molar-refractivity contribution in [1.82, 2.24) is 4.90 Å². The molecule has 1 fully saturated rings. The Balaban J connectivity index is 2.33. The van der Waals surface area contributed by atoms with Crippen LogP contribution in [0.1, 0.15) is 45.2 Å². The minimum absolute atomic E-state index is 0.415. The van der Waals surface area contributed by atoms with Crippen molar-refractivity contribution in [3.8, 4) is 0 Å². The Bertz CT molecular complexity index is 712. The average molecular weight is 367 g/mol. The lowest BCUT2D eigenvalue weighted by atomic mass is 10.0. The Morgan fingerprint density at radius 3 is 2.46 bits per heavy atom. The fraction of sp³-hybridized carbons (Fsp3) is 0.474. The molecule has 1 aromatic carbocycles. The summed E-state index contributed by atoms with van der Waals surface area (Å²) in [5.74, 6) is -2.46. The minimum atomic E-state index is -0.972. The summed E-state index contributed by atoms with van der Waals surface area (Å²) in [5.41, 5.74) is -0.238. The maximum Gasteiger partial charge on any atom is 0.411 e. The molecule has 0 spiro atoms. The first kappa shape index (κ1) is 19.9. The molecular weight excluding hydrogens is 344 g/mol. The van der Waals surface area contributed by atoms with Gasteiger partial charge in [0.2, 0.25) is 0 Å². The van der Waals surface area contributed by atoms with Gasteiger partial charge in [-0.2, -0.15) is 0 Å². The van der Waals surface area contributed by atoms with Crippen LogP contribution in [0.2, 0.25) is 0 Å². The van der Waals surface area contributed by atoms with Crippen LogP contribution in [0.3, 0.4) is 0 Å². The van der Waals surface area contributed by atoms with Gasteiger partial charge in [-0.15, -0.1) is 0 Å². The summed E-state index contributed by atoms with van der Waals surface area (Å²) in [6.07, 6.45) is 3.31. The van der Waals surface area contributed by atoms with Crippen LogP contribution in [0.25, 0.3) is 0 Å². The van der Waals surface area contributed by atoms with Gasteiger partial charge in [-0.05, 0) is 51.3 Å². The van der Waals surface area contributed by atoms with E-state index >= 15 is 0 Å². The Hall–Kier alpha value is -2.44. The predicted octanol–water partition coefficient (Wildman–Crippen LogP) is 4.13. The van der Waals surface area contributed by atoms with Crippen molar-refractivity contribution in [1.29, 1.82) is 0 Å². The van der Waals surface area contributed by atoms with Gasteiger partial charge < -0.3 is 9.47 Å². The molecule has 1 aliphatic rings. The van der Waals surface area contributed by atoms with Crippen LogP contribution in [0, 0.1) is 11.6 Å². The standard InChI is InChI=1S/C19H23F2NO4/c1-19(2,3)26-18(24)22-13(7-10-17(23)25-4)6-9-16(22)12-5-8-14(20)15(21)11-12/h5,7-8,10-11,13,16H,6,9H2,1-4H3/b10-7+/t13-,16+/m0/s1. The summed E-state index contributed by atoms with van der Waals surface area (Å²) in [5, 5.41) is 0. The van der Waals surface area contributed by atoms with E-state index in [-0.39, 0.29) is 0 Å². The SMILES string of the molecule is COC(=O)/C=C/[C@@H]1CC[C@H](c2ccc(F)c(F)c2)N1C(=O)OC(C)(C)C. The maximum absolute atomic E-state index is 13.6. The minimum Gasteiger partial charge on any atom is -0.466 e. The number of rotatable bonds is 3. The van der Waals surface area contributed by atoms with Gasteiger partial charge in [0.15, 0.2) is 11.6 Å². The first-order valence-electron chi connectivity index (χ1n) is 8.35. The zero-order valence-electron chi connectivity index (χ0n) is 15.3. The second-order valence-electron chi connectivity index (χ2n) is 7.10. The first-order chi connectivity index (χ1) is 12.1. The third kappa shape index (κ3) is 4.80. The molecule has 7 heteroatoms. The van der Waals surface area contributed by atoms with Gasteiger partial charge in [-0.25, -0.2) is 18.4 Å². The fourth-order valence-electron chi connectivity index (χ4n) is 2.91. The molecule has 0 radical (unpaired) electrons. The lowest BCUT2D eigenvalue weighted by Gasteiger charge is -2.32. The smallest absolute Gasteiger partial charge is 0.411 e. The maximum atomic E-state index is 13.6. The average Bonchev–Trinajstić information content (AvgIpc) is 2.97. The van der Waals surface area contributed by atoms with E-state index in [1.807, 2.05) is 0 Å². The zero-order valence-corrected chi connectivity index (χ0v) is 15.3. The van der Waals surface area contributed by atoms with Crippen molar-refractivity contribution in [2.45, 2.75) is 51.3 Å². The van der Waals surface area contributed by atoms with E-state index in [0.717, 1.165) is 12.1 Å². The highest BCUT2D eigenvalue weighted by atomic mass is 19.2. The van der Waals surface area contributed by atoms with Crippen molar-refractivity contribution >= 4 is 12.1 Å². The van der Waals surface area contributed by atoms with Gasteiger partial charge in [0.25, 0.3) is 0 Å². The number of likely N-dealkylation sites (tertiary alicyclic amines) is 1.